The third kappa shape index (κ3) is 3.27. The number of aromatic nitrogens is 1. The van der Waals surface area contributed by atoms with Crippen molar-refractivity contribution in [3.63, 3.8) is 0 Å². The number of rotatable bonds is 3. The lowest BCUT2D eigenvalue weighted by Crippen LogP contribution is -2.47. The van der Waals surface area contributed by atoms with Gasteiger partial charge in [0.2, 0.25) is 0 Å². The summed E-state index contributed by atoms with van der Waals surface area (Å²) >= 11 is 0. The summed E-state index contributed by atoms with van der Waals surface area (Å²) in [6.07, 6.45) is 1.39. The first-order valence-corrected chi connectivity index (χ1v) is 5.86. The minimum Gasteiger partial charge on any atom is -0.364 e. The van der Waals surface area contributed by atoms with Crippen LogP contribution in [0.5, 0.6) is 0 Å². The maximum Gasteiger partial charge on any atom is 0.324 e. The van der Waals surface area contributed by atoms with Crippen molar-refractivity contribution in [1.29, 1.82) is 0 Å². The molecule has 104 valence electrons. The van der Waals surface area contributed by atoms with Crippen LogP contribution in [0.15, 0.2) is 16.9 Å². The Hall–Kier alpha value is -1.99. The van der Waals surface area contributed by atoms with Gasteiger partial charge in [0, 0.05) is 25.1 Å². The van der Waals surface area contributed by atoms with Crippen molar-refractivity contribution >= 4 is 11.8 Å². The second kappa shape index (κ2) is 5.33. The van der Waals surface area contributed by atoms with Crippen molar-refractivity contribution in [2.24, 2.45) is 0 Å². The SMILES string of the molecule is O=C(NCC1CCCC(F)(F)C(=O)N1)c1ccon1. The molecule has 1 aromatic rings. The summed E-state index contributed by atoms with van der Waals surface area (Å²) < 4.78 is 30.8. The Bertz CT molecular complexity index is 462. The summed E-state index contributed by atoms with van der Waals surface area (Å²) in [7, 11) is 0. The first-order chi connectivity index (χ1) is 8.99. The van der Waals surface area contributed by atoms with E-state index in [0.717, 1.165) is 0 Å². The molecular weight excluding hydrogens is 260 g/mol. The fraction of sp³-hybridized carbons (Fsp3) is 0.545. The third-order valence-electron chi connectivity index (χ3n) is 2.89. The molecule has 0 radical (unpaired) electrons. The van der Waals surface area contributed by atoms with Crippen molar-refractivity contribution in [2.45, 2.75) is 31.2 Å². The monoisotopic (exact) mass is 273 g/mol. The summed E-state index contributed by atoms with van der Waals surface area (Å²) in [6, 6.07) is 0.881. The molecule has 19 heavy (non-hydrogen) atoms. The zero-order valence-corrected chi connectivity index (χ0v) is 9.99. The van der Waals surface area contributed by atoms with Gasteiger partial charge in [0.25, 0.3) is 11.8 Å². The Labute approximate surface area is 107 Å². The number of nitrogens with zero attached hydrogens (tertiary/aromatic N) is 1. The van der Waals surface area contributed by atoms with Gasteiger partial charge in [0.1, 0.15) is 6.26 Å². The van der Waals surface area contributed by atoms with Gasteiger partial charge in [-0.15, -0.1) is 0 Å². The second-order valence-corrected chi connectivity index (χ2v) is 4.36. The van der Waals surface area contributed by atoms with Crippen molar-refractivity contribution in [1.82, 2.24) is 15.8 Å². The highest BCUT2D eigenvalue weighted by molar-refractivity contribution is 5.92. The van der Waals surface area contributed by atoms with E-state index in [4.69, 9.17) is 0 Å². The van der Waals surface area contributed by atoms with Crippen molar-refractivity contribution < 1.29 is 22.9 Å². The van der Waals surface area contributed by atoms with E-state index in [-0.39, 0.29) is 18.7 Å². The molecule has 2 N–H and O–H groups in total. The Morgan fingerprint density at radius 1 is 1.63 bits per heavy atom. The average molecular weight is 273 g/mol. The number of carbonyl (C=O) groups is 2. The maximum atomic E-state index is 13.1. The smallest absolute Gasteiger partial charge is 0.324 e. The molecule has 1 unspecified atom stereocenters. The fourth-order valence-electron chi connectivity index (χ4n) is 1.84. The molecule has 1 aliphatic rings. The van der Waals surface area contributed by atoms with Crippen LogP contribution in [0.2, 0.25) is 0 Å². The molecule has 0 bridgehead atoms. The Morgan fingerprint density at radius 2 is 2.42 bits per heavy atom. The molecule has 1 fully saturated rings. The fourth-order valence-corrected chi connectivity index (χ4v) is 1.84. The molecule has 6 nitrogen and oxygen atoms in total. The normalized spacial score (nSPS) is 22.4. The Kier molecular flexibility index (Phi) is 3.77. The van der Waals surface area contributed by atoms with Crippen molar-refractivity contribution in [3.8, 4) is 0 Å². The summed E-state index contributed by atoms with van der Waals surface area (Å²) in [6.45, 7) is 0.0769. The molecule has 1 atom stereocenters. The number of nitrogens with one attached hydrogen (secondary N) is 2. The number of hydrogen-bond donors (Lipinski definition) is 2. The van der Waals surface area contributed by atoms with Gasteiger partial charge in [-0.05, 0) is 12.8 Å². The molecule has 1 saturated heterocycles. The minimum atomic E-state index is -3.33. The lowest BCUT2D eigenvalue weighted by molar-refractivity contribution is -0.145. The summed E-state index contributed by atoms with van der Waals surface area (Å²) in [5.41, 5.74) is 0.102. The van der Waals surface area contributed by atoms with Crippen LogP contribution in [0.1, 0.15) is 29.8 Å². The van der Waals surface area contributed by atoms with E-state index in [1.165, 1.54) is 12.3 Å². The average Bonchev–Trinajstić information content (AvgIpc) is 2.84. The van der Waals surface area contributed by atoms with Gasteiger partial charge in [-0.25, -0.2) is 0 Å². The molecule has 1 aromatic heterocycles. The van der Waals surface area contributed by atoms with Crippen LogP contribution in [-0.2, 0) is 4.79 Å². The van der Waals surface area contributed by atoms with Gasteiger partial charge in [-0.1, -0.05) is 5.16 Å². The zero-order valence-electron chi connectivity index (χ0n) is 9.99. The largest absolute Gasteiger partial charge is 0.364 e. The number of hydrogen-bond acceptors (Lipinski definition) is 4. The first kappa shape index (κ1) is 13.4. The standard InChI is InChI=1S/C11H13F2N3O3/c12-11(13)4-1-2-7(15-10(11)18)6-14-9(17)8-3-5-19-16-8/h3,5,7H,1-2,4,6H2,(H,14,17)(H,15,18). The van der Waals surface area contributed by atoms with Gasteiger partial charge in [0.15, 0.2) is 5.69 Å². The summed E-state index contributed by atoms with van der Waals surface area (Å²) in [5.74, 6) is -5.09. The molecule has 2 heterocycles. The number of amides is 2. The number of halogens is 2. The molecule has 1 aliphatic heterocycles. The van der Waals surface area contributed by atoms with Crippen molar-refractivity contribution in [2.75, 3.05) is 6.54 Å². The van der Waals surface area contributed by atoms with Gasteiger partial charge >= 0.3 is 5.92 Å². The van der Waals surface area contributed by atoms with E-state index < -0.39 is 30.2 Å². The zero-order chi connectivity index (χ0) is 13.9. The molecule has 0 aliphatic carbocycles. The molecule has 0 spiro atoms. The highest BCUT2D eigenvalue weighted by Gasteiger charge is 2.41. The molecule has 0 saturated carbocycles. The van der Waals surface area contributed by atoms with E-state index in [1.54, 1.807) is 0 Å². The lowest BCUT2D eigenvalue weighted by atomic mass is 10.1. The highest BCUT2D eigenvalue weighted by Crippen LogP contribution is 2.25. The molecular formula is C11H13F2N3O3. The quantitative estimate of drug-likeness (QED) is 0.849. The lowest BCUT2D eigenvalue weighted by Gasteiger charge is -2.17. The number of alkyl halides is 2. The predicted molar refractivity (Wildman–Crippen MR) is 59.6 cm³/mol. The Morgan fingerprint density at radius 3 is 3.11 bits per heavy atom. The molecule has 2 amide bonds. The van der Waals surface area contributed by atoms with E-state index in [0.29, 0.717) is 6.42 Å². The van der Waals surface area contributed by atoms with Gasteiger partial charge < -0.3 is 15.2 Å². The van der Waals surface area contributed by atoms with Crippen LogP contribution in [0.3, 0.4) is 0 Å². The van der Waals surface area contributed by atoms with E-state index in [1.807, 2.05) is 0 Å². The van der Waals surface area contributed by atoms with E-state index in [9.17, 15) is 18.4 Å². The van der Waals surface area contributed by atoms with Crippen LogP contribution >= 0.6 is 0 Å². The van der Waals surface area contributed by atoms with E-state index >= 15 is 0 Å². The van der Waals surface area contributed by atoms with Crippen LogP contribution in [0.4, 0.5) is 8.78 Å². The van der Waals surface area contributed by atoms with Gasteiger partial charge in [-0.3, -0.25) is 9.59 Å². The third-order valence-corrected chi connectivity index (χ3v) is 2.89. The van der Waals surface area contributed by atoms with Crippen LogP contribution in [0, 0.1) is 0 Å². The number of carbonyl (C=O) groups excluding carboxylic acids is 2. The summed E-state index contributed by atoms with van der Waals surface area (Å²) in [4.78, 5) is 22.8. The molecule has 2 rings (SSSR count). The maximum absolute atomic E-state index is 13.1. The minimum absolute atomic E-state index is 0.0769. The van der Waals surface area contributed by atoms with Crippen LogP contribution < -0.4 is 10.6 Å². The topological polar surface area (TPSA) is 84.2 Å². The first-order valence-electron chi connectivity index (χ1n) is 5.86. The highest BCUT2D eigenvalue weighted by atomic mass is 19.3. The summed E-state index contributed by atoms with van der Waals surface area (Å²) in [5, 5.41) is 8.17. The van der Waals surface area contributed by atoms with Gasteiger partial charge in [0.05, 0.1) is 0 Å². The second-order valence-electron chi connectivity index (χ2n) is 4.36. The van der Waals surface area contributed by atoms with E-state index in [2.05, 4.69) is 20.3 Å². The van der Waals surface area contributed by atoms with Crippen molar-refractivity contribution in [3.05, 3.63) is 18.0 Å². The Balaban J connectivity index is 1.86. The molecule has 0 aromatic carbocycles. The van der Waals surface area contributed by atoms with Gasteiger partial charge in [-0.2, -0.15) is 8.78 Å². The van der Waals surface area contributed by atoms with Crippen LogP contribution in [0.25, 0.3) is 0 Å². The molecule has 8 heteroatoms. The predicted octanol–water partition coefficient (Wildman–Crippen LogP) is 0.708. The van der Waals surface area contributed by atoms with Crippen LogP contribution in [-0.4, -0.2) is 35.5 Å².